The first kappa shape index (κ1) is 12.9. The molecule has 94 valence electrons. The van der Waals surface area contributed by atoms with Gasteiger partial charge >= 0.3 is 5.97 Å². The Morgan fingerprint density at radius 3 is 2.94 bits per heavy atom. The van der Waals surface area contributed by atoms with E-state index >= 15 is 0 Å². The van der Waals surface area contributed by atoms with Gasteiger partial charge in [-0.15, -0.1) is 11.3 Å². The zero-order valence-electron chi connectivity index (χ0n) is 9.39. The summed E-state index contributed by atoms with van der Waals surface area (Å²) in [7, 11) is 0. The summed E-state index contributed by atoms with van der Waals surface area (Å²) < 4.78 is 0. The molecule has 0 atom stereocenters. The van der Waals surface area contributed by atoms with Gasteiger partial charge in [0.25, 0.3) is 0 Å². The smallest absolute Gasteiger partial charge is 0.303 e. The highest BCUT2D eigenvalue weighted by Crippen LogP contribution is 2.26. The van der Waals surface area contributed by atoms with Gasteiger partial charge in [-0.1, -0.05) is 23.7 Å². The average Bonchev–Trinajstić information content (AvgIpc) is 2.77. The van der Waals surface area contributed by atoms with Crippen LogP contribution in [0.25, 0.3) is 0 Å². The number of nitrogens with zero attached hydrogens (tertiary/aromatic N) is 1. The third kappa shape index (κ3) is 3.45. The Hall–Kier alpha value is -1.59. The number of halogens is 1. The Kier molecular flexibility index (Phi) is 4.17. The number of carbonyl (C=O) groups is 1. The lowest BCUT2D eigenvalue weighted by Crippen LogP contribution is -1.98. The van der Waals surface area contributed by atoms with Gasteiger partial charge in [0.1, 0.15) is 0 Å². The average molecular weight is 283 g/mol. The monoisotopic (exact) mass is 282 g/mol. The van der Waals surface area contributed by atoms with E-state index in [1.165, 1.54) is 11.3 Å². The minimum absolute atomic E-state index is 0.0925. The molecule has 0 aliphatic carbocycles. The number of carboxylic acid groups (broad SMARTS) is 1. The first-order valence-electron chi connectivity index (χ1n) is 5.33. The van der Waals surface area contributed by atoms with Crippen molar-refractivity contribution in [1.82, 2.24) is 4.98 Å². The van der Waals surface area contributed by atoms with Crippen molar-refractivity contribution in [3.05, 3.63) is 40.4 Å². The van der Waals surface area contributed by atoms with E-state index in [0.29, 0.717) is 16.6 Å². The maximum absolute atomic E-state index is 10.5. The van der Waals surface area contributed by atoms with Crippen LogP contribution in [0.15, 0.2) is 29.6 Å². The molecular weight excluding hydrogens is 272 g/mol. The predicted molar refractivity (Wildman–Crippen MR) is 72.8 cm³/mol. The normalized spacial score (nSPS) is 10.3. The fourth-order valence-electron chi connectivity index (χ4n) is 1.39. The van der Waals surface area contributed by atoms with Crippen molar-refractivity contribution >= 4 is 39.7 Å². The van der Waals surface area contributed by atoms with Gasteiger partial charge in [-0.3, -0.25) is 4.79 Å². The molecule has 0 aliphatic rings. The first-order valence-corrected chi connectivity index (χ1v) is 6.58. The van der Waals surface area contributed by atoms with Gasteiger partial charge in [0, 0.05) is 11.8 Å². The molecule has 0 saturated heterocycles. The molecular formula is C12H11ClN2O2S. The summed E-state index contributed by atoms with van der Waals surface area (Å²) in [6, 6.07) is 7.39. The van der Waals surface area contributed by atoms with E-state index in [0.717, 1.165) is 11.4 Å². The fourth-order valence-corrected chi connectivity index (χ4v) is 2.33. The van der Waals surface area contributed by atoms with E-state index in [1.807, 2.05) is 23.6 Å². The van der Waals surface area contributed by atoms with Gasteiger partial charge in [0.05, 0.1) is 22.8 Å². The number of benzene rings is 1. The van der Waals surface area contributed by atoms with Crippen LogP contribution in [0.1, 0.15) is 12.1 Å². The molecule has 1 aromatic carbocycles. The molecule has 18 heavy (non-hydrogen) atoms. The molecule has 0 fully saturated rings. The van der Waals surface area contributed by atoms with Crippen LogP contribution in [0.4, 0.5) is 10.8 Å². The van der Waals surface area contributed by atoms with Crippen molar-refractivity contribution in [1.29, 1.82) is 0 Å². The van der Waals surface area contributed by atoms with Crippen LogP contribution in [0, 0.1) is 0 Å². The number of aromatic nitrogens is 1. The van der Waals surface area contributed by atoms with E-state index in [-0.39, 0.29) is 6.42 Å². The number of aliphatic carboxylic acids is 1. The maximum Gasteiger partial charge on any atom is 0.303 e. The standard InChI is InChI=1S/C12H11ClN2O2S/c13-9-3-1-2-4-10(9)15-12-14-8(7-18-12)5-6-11(16)17/h1-4,7H,5-6H2,(H,14,15)(H,16,17). The third-order valence-corrected chi connectivity index (χ3v) is 3.40. The van der Waals surface area contributed by atoms with Gasteiger partial charge < -0.3 is 10.4 Å². The molecule has 2 N–H and O–H groups in total. The molecule has 0 bridgehead atoms. The van der Waals surface area contributed by atoms with Gasteiger partial charge in [-0.05, 0) is 12.1 Å². The zero-order valence-corrected chi connectivity index (χ0v) is 11.0. The summed E-state index contributed by atoms with van der Waals surface area (Å²) in [6.45, 7) is 0. The Balaban J connectivity index is 2.02. The molecule has 0 spiro atoms. The first-order chi connectivity index (χ1) is 8.65. The lowest BCUT2D eigenvalue weighted by Gasteiger charge is -2.03. The maximum atomic E-state index is 10.5. The van der Waals surface area contributed by atoms with Crippen LogP contribution < -0.4 is 5.32 Å². The summed E-state index contributed by atoms with van der Waals surface area (Å²) in [6.07, 6.45) is 0.533. The van der Waals surface area contributed by atoms with Crippen LogP contribution in [-0.2, 0) is 11.2 Å². The van der Waals surface area contributed by atoms with Crippen LogP contribution in [-0.4, -0.2) is 16.1 Å². The quantitative estimate of drug-likeness (QED) is 0.880. The van der Waals surface area contributed by atoms with Gasteiger partial charge in [-0.2, -0.15) is 0 Å². The van der Waals surface area contributed by atoms with E-state index in [2.05, 4.69) is 10.3 Å². The number of hydrogen-bond acceptors (Lipinski definition) is 4. The SMILES string of the molecule is O=C(O)CCc1csc(Nc2ccccc2Cl)n1. The Morgan fingerprint density at radius 1 is 1.44 bits per heavy atom. The third-order valence-electron chi connectivity index (χ3n) is 2.26. The number of thiazole rings is 1. The van der Waals surface area contributed by atoms with Crippen LogP contribution in [0.2, 0.25) is 5.02 Å². The Morgan fingerprint density at radius 2 is 2.22 bits per heavy atom. The number of carboxylic acids is 1. The van der Waals surface area contributed by atoms with Gasteiger partial charge in [-0.25, -0.2) is 4.98 Å². The molecule has 0 radical (unpaired) electrons. The second-order valence-corrected chi connectivity index (χ2v) is 4.91. The van der Waals surface area contributed by atoms with Crippen molar-refractivity contribution in [3.8, 4) is 0 Å². The molecule has 1 aromatic heterocycles. The topological polar surface area (TPSA) is 62.2 Å². The number of hydrogen-bond donors (Lipinski definition) is 2. The van der Waals surface area contributed by atoms with E-state index in [4.69, 9.17) is 16.7 Å². The highest BCUT2D eigenvalue weighted by molar-refractivity contribution is 7.13. The number of nitrogens with one attached hydrogen (secondary N) is 1. The molecule has 2 aromatic rings. The minimum atomic E-state index is -0.816. The Labute approximate surface area is 113 Å². The molecule has 0 saturated carbocycles. The second-order valence-electron chi connectivity index (χ2n) is 3.64. The largest absolute Gasteiger partial charge is 0.481 e. The highest BCUT2D eigenvalue weighted by Gasteiger charge is 2.06. The summed E-state index contributed by atoms with van der Waals surface area (Å²) >= 11 is 7.45. The molecule has 6 heteroatoms. The lowest BCUT2D eigenvalue weighted by atomic mass is 10.2. The second kappa shape index (κ2) is 5.84. The van der Waals surface area contributed by atoms with Crippen molar-refractivity contribution < 1.29 is 9.90 Å². The lowest BCUT2D eigenvalue weighted by molar-refractivity contribution is -0.136. The molecule has 0 aliphatic heterocycles. The highest BCUT2D eigenvalue weighted by atomic mass is 35.5. The van der Waals surface area contributed by atoms with Gasteiger partial charge in [0.15, 0.2) is 5.13 Å². The van der Waals surface area contributed by atoms with Gasteiger partial charge in [0.2, 0.25) is 0 Å². The number of rotatable bonds is 5. The van der Waals surface area contributed by atoms with Crippen molar-refractivity contribution in [2.24, 2.45) is 0 Å². The zero-order chi connectivity index (χ0) is 13.0. The molecule has 1 heterocycles. The molecule has 4 nitrogen and oxygen atoms in total. The Bertz CT molecular complexity index is 557. The van der Waals surface area contributed by atoms with E-state index < -0.39 is 5.97 Å². The van der Waals surface area contributed by atoms with Crippen LogP contribution >= 0.6 is 22.9 Å². The number of anilines is 2. The summed E-state index contributed by atoms with van der Waals surface area (Å²) in [5, 5.41) is 14.9. The fraction of sp³-hybridized carbons (Fsp3) is 0.167. The van der Waals surface area contributed by atoms with Crippen molar-refractivity contribution in [2.75, 3.05) is 5.32 Å². The summed E-state index contributed by atoms with van der Waals surface area (Å²) in [4.78, 5) is 14.8. The minimum Gasteiger partial charge on any atom is -0.481 e. The van der Waals surface area contributed by atoms with Crippen molar-refractivity contribution in [2.45, 2.75) is 12.8 Å². The summed E-state index contributed by atoms with van der Waals surface area (Å²) in [5.74, 6) is -0.816. The number of aryl methyl sites for hydroxylation is 1. The van der Waals surface area contributed by atoms with Crippen molar-refractivity contribution in [3.63, 3.8) is 0 Å². The molecule has 0 unspecified atom stereocenters. The summed E-state index contributed by atoms with van der Waals surface area (Å²) in [5.41, 5.74) is 1.57. The van der Waals surface area contributed by atoms with Crippen LogP contribution in [0.5, 0.6) is 0 Å². The van der Waals surface area contributed by atoms with E-state index in [9.17, 15) is 4.79 Å². The van der Waals surface area contributed by atoms with Crippen LogP contribution in [0.3, 0.4) is 0 Å². The molecule has 2 rings (SSSR count). The van der Waals surface area contributed by atoms with E-state index in [1.54, 1.807) is 6.07 Å². The number of para-hydroxylation sites is 1. The predicted octanol–water partition coefficient (Wildman–Crippen LogP) is 3.56. The molecule has 0 amide bonds.